The Morgan fingerprint density at radius 2 is 1.75 bits per heavy atom. The van der Waals surface area contributed by atoms with Gasteiger partial charge >= 0.3 is 0 Å². The summed E-state index contributed by atoms with van der Waals surface area (Å²) in [5.41, 5.74) is 6.12. The van der Waals surface area contributed by atoms with Crippen LogP contribution in [0.15, 0.2) is 0 Å². The van der Waals surface area contributed by atoms with Gasteiger partial charge in [0.15, 0.2) is 0 Å². The van der Waals surface area contributed by atoms with Gasteiger partial charge in [-0.3, -0.25) is 9.80 Å². The lowest BCUT2D eigenvalue weighted by Gasteiger charge is -2.24. The largest absolute Gasteiger partial charge is 0.326 e. The second-order valence-corrected chi connectivity index (χ2v) is 6.26. The van der Waals surface area contributed by atoms with Crippen molar-refractivity contribution in [3.63, 3.8) is 0 Å². The smallest absolute Gasteiger partial charge is 0.0238 e. The van der Waals surface area contributed by atoms with Crippen molar-refractivity contribution in [1.29, 1.82) is 0 Å². The van der Waals surface area contributed by atoms with Crippen LogP contribution in [0.25, 0.3) is 0 Å². The average molecular weight is 223 g/mol. The van der Waals surface area contributed by atoms with E-state index in [0.717, 1.165) is 24.7 Å². The number of hydrogen-bond acceptors (Lipinski definition) is 3. The predicted octanol–water partition coefficient (Wildman–Crippen LogP) is 0.891. The topological polar surface area (TPSA) is 32.5 Å². The van der Waals surface area contributed by atoms with Gasteiger partial charge in [-0.1, -0.05) is 6.92 Å². The van der Waals surface area contributed by atoms with Crippen LogP contribution in [-0.4, -0.2) is 53.6 Å². The molecule has 0 bridgehead atoms. The van der Waals surface area contributed by atoms with Crippen molar-refractivity contribution in [3.8, 4) is 0 Å². The molecule has 1 aliphatic carbocycles. The van der Waals surface area contributed by atoms with Gasteiger partial charge in [-0.15, -0.1) is 0 Å². The maximum absolute atomic E-state index is 6.12. The summed E-state index contributed by atoms with van der Waals surface area (Å²) >= 11 is 0. The Kier molecular flexibility index (Phi) is 2.73. The molecular formula is C13H25N3. The molecule has 1 saturated carbocycles. The van der Waals surface area contributed by atoms with E-state index in [1.54, 1.807) is 0 Å². The maximum Gasteiger partial charge on any atom is 0.0238 e. The third kappa shape index (κ3) is 1.89. The van der Waals surface area contributed by atoms with Crippen LogP contribution in [0.1, 0.15) is 33.1 Å². The number of likely N-dealkylation sites (tertiary alicyclic amines) is 2. The van der Waals surface area contributed by atoms with Crippen molar-refractivity contribution in [1.82, 2.24) is 9.80 Å². The summed E-state index contributed by atoms with van der Waals surface area (Å²) in [5.74, 6) is 0.685. The molecule has 2 aliphatic heterocycles. The average Bonchev–Trinajstić information content (AvgIpc) is 2.93. The molecule has 4 atom stereocenters. The lowest BCUT2D eigenvalue weighted by molar-refractivity contribution is 0.215. The maximum atomic E-state index is 6.12. The van der Waals surface area contributed by atoms with Crippen LogP contribution in [0.2, 0.25) is 0 Å². The molecule has 0 aromatic heterocycles. The van der Waals surface area contributed by atoms with E-state index in [0.29, 0.717) is 12.0 Å². The van der Waals surface area contributed by atoms with E-state index in [1.165, 1.54) is 32.4 Å². The molecular weight excluding hydrogens is 198 g/mol. The van der Waals surface area contributed by atoms with E-state index < -0.39 is 0 Å². The first-order valence-electron chi connectivity index (χ1n) is 6.90. The summed E-state index contributed by atoms with van der Waals surface area (Å²) in [6, 6.07) is 2.91. The third-order valence-electron chi connectivity index (χ3n) is 4.83. The Bertz CT molecular complexity index is 254. The number of nitrogens with two attached hydrogens (primary N) is 1. The molecule has 0 amide bonds. The fourth-order valence-corrected chi connectivity index (χ4v) is 3.54. The molecule has 3 fully saturated rings. The zero-order valence-corrected chi connectivity index (χ0v) is 10.6. The van der Waals surface area contributed by atoms with Crippen LogP contribution in [0.4, 0.5) is 0 Å². The van der Waals surface area contributed by atoms with Gasteiger partial charge in [-0.2, -0.15) is 0 Å². The van der Waals surface area contributed by atoms with Crippen molar-refractivity contribution < 1.29 is 0 Å². The normalized spacial score (nSPS) is 46.7. The van der Waals surface area contributed by atoms with Crippen LogP contribution in [0.5, 0.6) is 0 Å². The van der Waals surface area contributed by atoms with E-state index in [2.05, 4.69) is 23.6 Å². The van der Waals surface area contributed by atoms with Crippen LogP contribution in [0.3, 0.4) is 0 Å². The van der Waals surface area contributed by atoms with Gasteiger partial charge in [0.2, 0.25) is 0 Å². The molecule has 0 aromatic carbocycles. The molecule has 3 aliphatic rings. The van der Waals surface area contributed by atoms with Gasteiger partial charge in [-0.05, 0) is 32.1 Å². The van der Waals surface area contributed by atoms with Crippen LogP contribution in [0, 0.1) is 5.92 Å². The van der Waals surface area contributed by atoms with Crippen LogP contribution < -0.4 is 5.73 Å². The Balaban J connectivity index is 1.60. The highest BCUT2D eigenvalue weighted by Crippen LogP contribution is 2.35. The molecule has 0 radical (unpaired) electrons. The fourth-order valence-electron chi connectivity index (χ4n) is 3.54. The summed E-state index contributed by atoms with van der Waals surface area (Å²) < 4.78 is 0. The lowest BCUT2D eigenvalue weighted by Crippen LogP contribution is -2.38. The zero-order chi connectivity index (χ0) is 11.3. The van der Waals surface area contributed by atoms with Crippen molar-refractivity contribution in [2.75, 3.05) is 19.6 Å². The molecule has 0 aromatic rings. The number of rotatable bonds is 2. The quantitative estimate of drug-likeness (QED) is 0.754. The molecule has 92 valence electrons. The van der Waals surface area contributed by atoms with Crippen molar-refractivity contribution in [2.45, 2.75) is 57.3 Å². The summed E-state index contributed by atoms with van der Waals surface area (Å²) in [5, 5.41) is 0. The van der Waals surface area contributed by atoms with Crippen LogP contribution in [-0.2, 0) is 0 Å². The van der Waals surface area contributed by atoms with Gasteiger partial charge in [-0.25, -0.2) is 0 Å². The highest BCUT2D eigenvalue weighted by atomic mass is 15.3. The first-order chi connectivity index (χ1) is 7.65. The molecule has 0 spiro atoms. The molecule has 2 N–H and O–H groups in total. The third-order valence-corrected chi connectivity index (χ3v) is 4.83. The Morgan fingerprint density at radius 3 is 2.31 bits per heavy atom. The molecule has 2 heterocycles. The molecule has 4 unspecified atom stereocenters. The molecule has 3 nitrogen and oxygen atoms in total. The van der Waals surface area contributed by atoms with Gasteiger partial charge in [0.1, 0.15) is 0 Å². The minimum Gasteiger partial charge on any atom is -0.326 e. The van der Waals surface area contributed by atoms with Gasteiger partial charge < -0.3 is 5.73 Å². The van der Waals surface area contributed by atoms with Crippen molar-refractivity contribution >= 4 is 0 Å². The van der Waals surface area contributed by atoms with Crippen molar-refractivity contribution in [3.05, 3.63) is 0 Å². The second kappa shape index (κ2) is 3.97. The zero-order valence-electron chi connectivity index (χ0n) is 10.6. The van der Waals surface area contributed by atoms with Gasteiger partial charge in [0.05, 0.1) is 0 Å². The first-order valence-corrected chi connectivity index (χ1v) is 6.90. The van der Waals surface area contributed by atoms with E-state index in [9.17, 15) is 0 Å². The SMILES string of the molecule is CC1CN(C2CC(C)N(C3CC3)C2)CC1N. The molecule has 16 heavy (non-hydrogen) atoms. The van der Waals surface area contributed by atoms with E-state index >= 15 is 0 Å². The summed E-state index contributed by atoms with van der Waals surface area (Å²) in [6.07, 6.45) is 4.23. The molecule has 2 saturated heterocycles. The van der Waals surface area contributed by atoms with Gasteiger partial charge in [0, 0.05) is 43.8 Å². The predicted molar refractivity (Wildman–Crippen MR) is 66.3 cm³/mol. The number of nitrogens with zero attached hydrogens (tertiary/aromatic N) is 2. The van der Waals surface area contributed by atoms with Crippen molar-refractivity contribution in [2.24, 2.45) is 11.7 Å². The Labute approximate surface area is 99.0 Å². The first kappa shape index (κ1) is 11.0. The highest BCUT2D eigenvalue weighted by Gasteiger charge is 2.42. The number of hydrogen-bond donors (Lipinski definition) is 1. The molecule has 3 heteroatoms. The minimum atomic E-state index is 0.408. The lowest BCUT2D eigenvalue weighted by atomic mass is 10.1. The van der Waals surface area contributed by atoms with Crippen LogP contribution >= 0.6 is 0 Å². The van der Waals surface area contributed by atoms with E-state index in [1.807, 2.05) is 0 Å². The highest BCUT2D eigenvalue weighted by molar-refractivity contribution is 4.99. The summed E-state index contributed by atoms with van der Waals surface area (Å²) in [7, 11) is 0. The summed E-state index contributed by atoms with van der Waals surface area (Å²) in [4.78, 5) is 5.38. The monoisotopic (exact) mass is 223 g/mol. The summed E-state index contributed by atoms with van der Waals surface area (Å²) in [6.45, 7) is 8.33. The van der Waals surface area contributed by atoms with Gasteiger partial charge in [0.25, 0.3) is 0 Å². The minimum absolute atomic E-state index is 0.408. The standard InChI is InChI=1S/C13H25N3/c1-9-6-15(8-13(9)14)12-5-10(2)16(7-12)11-3-4-11/h9-13H,3-8,14H2,1-2H3. The fraction of sp³-hybridized carbons (Fsp3) is 1.00. The molecule has 3 rings (SSSR count). The second-order valence-electron chi connectivity index (χ2n) is 6.26. The Hall–Kier alpha value is -0.120. The van der Waals surface area contributed by atoms with E-state index in [-0.39, 0.29) is 0 Å². The van der Waals surface area contributed by atoms with E-state index in [4.69, 9.17) is 5.73 Å². The Morgan fingerprint density at radius 1 is 1.00 bits per heavy atom.